The fraction of sp³-hybridized carbons (Fsp3) is 0.889. The highest BCUT2D eigenvalue weighted by Crippen LogP contribution is 2.32. The van der Waals surface area contributed by atoms with Crippen LogP contribution in [0.15, 0.2) is 0 Å². The molecule has 1 unspecified atom stereocenters. The Labute approximate surface area is 73.2 Å². The van der Waals surface area contributed by atoms with Crippen LogP contribution in [0.2, 0.25) is 0 Å². The van der Waals surface area contributed by atoms with Crippen LogP contribution in [-0.4, -0.2) is 23.7 Å². The molecule has 0 aromatic rings. The van der Waals surface area contributed by atoms with Gasteiger partial charge in [-0.25, -0.2) is 0 Å². The first kappa shape index (κ1) is 9.52. The minimum Gasteiger partial charge on any atom is -0.481 e. The largest absolute Gasteiger partial charge is 0.481 e. The Morgan fingerprint density at radius 3 is 2.83 bits per heavy atom. The molecule has 1 fully saturated rings. The highest BCUT2D eigenvalue weighted by molar-refractivity contribution is 5.66. The number of hydrogen-bond donors (Lipinski definition) is 2. The number of carbonyl (C=O) groups is 1. The minimum absolute atomic E-state index is 0.282. The van der Waals surface area contributed by atoms with Crippen molar-refractivity contribution in [3.05, 3.63) is 0 Å². The van der Waals surface area contributed by atoms with Gasteiger partial charge in [-0.15, -0.1) is 0 Å². The lowest BCUT2D eigenvalue weighted by atomic mass is 10.2. The van der Waals surface area contributed by atoms with E-state index in [2.05, 4.69) is 12.2 Å². The molecule has 0 bridgehead atoms. The third-order valence-electron chi connectivity index (χ3n) is 2.36. The Hall–Kier alpha value is -0.570. The van der Waals surface area contributed by atoms with Crippen molar-refractivity contribution in [1.82, 2.24) is 5.32 Å². The van der Waals surface area contributed by atoms with E-state index in [4.69, 9.17) is 5.11 Å². The lowest BCUT2D eigenvalue weighted by molar-refractivity contribution is -0.137. The number of rotatable bonds is 6. The summed E-state index contributed by atoms with van der Waals surface area (Å²) in [6, 6.07) is 0.582. The summed E-state index contributed by atoms with van der Waals surface area (Å²) in [5, 5.41) is 11.7. The van der Waals surface area contributed by atoms with Crippen LogP contribution >= 0.6 is 0 Å². The highest BCUT2D eigenvalue weighted by atomic mass is 16.4. The molecule has 2 N–H and O–H groups in total. The van der Waals surface area contributed by atoms with Crippen LogP contribution in [0.3, 0.4) is 0 Å². The average Bonchev–Trinajstić information content (AvgIpc) is 2.79. The van der Waals surface area contributed by atoms with Gasteiger partial charge >= 0.3 is 5.97 Å². The monoisotopic (exact) mass is 171 g/mol. The van der Waals surface area contributed by atoms with Gasteiger partial charge in [0, 0.05) is 12.5 Å². The average molecular weight is 171 g/mol. The van der Waals surface area contributed by atoms with Gasteiger partial charge in [0.15, 0.2) is 0 Å². The lowest BCUT2D eigenvalue weighted by Crippen LogP contribution is -2.28. The molecule has 1 saturated carbocycles. The summed E-state index contributed by atoms with van der Waals surface area (Å²) in [4.78, 5) is 10.2. The predicted octanol–water partition coefficient (Wildman–Crippen LogP) is 1.24. The first-order valence-corrected chi connectivity index (χ1v) is 4.65. The minimum atomic E-state index is -0.698. The van der Waals surface area contributed by atoms with E-state index in [0.29, 0.717) is 6.04 Å². The van der Waals surface area contributed by atoms with Crippen molar-refractivity contribution < 1.29 is 9.90 Å². The van der Waals surface area contributed by atoms with Crippen LogP contribution < -0.4 is 5.32 Å². The Kier molecular flexibility index (Phi) is 3.53. The van der Waals surface area contributed by atoms with Crippen molar-refractivity contribution in [1.29, 1.82) is 0 Å². The van der Waals surface area contributed by atoms with Gasteiger partial charge in [0.1, 0.15) is 0 Å². The maximum absolute atomic E-state index is 10.2. The van der Waals surface area contributed by atoms with Crippen molar-refractivity contribution in [2.24, 2.45) is 5.92 Å². The first-order valence-electron chi connectivity index (χ1n) is 4.65. The molecule has 1 aliphatic carbocycles. The molecule has 1 atom stereocenters. The summed E-state index contributed by atoms with van der Waals surface area (Å²) in [6.07, 6.45) is 3.71. The summed E-state index contributed by atoms with van der Waals surface area (Å²) in [7, 11) is 0. The Morgan fingerprint density at radius 2 is 2.33 bits per heavy atom. The zero-order valence-electron chi connectivity index (χ0n) is 7.55. The summed E-state index contributed by atoms with van der Waals surface area (Å²) in [5.41, 5.74) is 0. The zero-order chi connectivity index (χ0) is 8.97. The molecule has 0 aliphatic heterocycles. The highest BCUT2D eigenvalue weighted by Gasteiger charge is 2.26. The third kappa shape index (κ3) is 3.72. The van der Waals surface area contributed by atoms with Gasteiger partial charge in [-0.3, -0.25) is 4.79 Å². The molecule has 3 nitrogen and oxygen atoms in total. The van der Waals surface area contributed by atoms with Crippen LogP contribution in [0.25, 0.3) is 0 Å². The van der Waals surface area contributed by atoms with Gasteiger partial charge < -0.3 is 10.4 Å². The standard InChI is InChI=1S/C9H17NO2/c1-7(8-4-5-8)10-6-2-3-9(11)12/h7-8,10H,2-6H2,1H3,(H,11,12). The van der Waals surface area contributed by atoms with Crippen LogP contribution in [0.1, 0.15) is 32.6 Å². The molecule has 0 heterocycles. The van der Waals surface area contributed by atoms with Gasteiger partial charge in [-0.05, 0) is 38.6 Å². The quantitative estimate of drug-likeness (QED) is 0.591. The number of aliphatic carboxylic acids is 1. The molecule has 0 aromatic carbocycles. The fourth-order valence-corrected chi connectivity index (χ4v) is 1.33. The van der Waals surface area contributed by atoms with E-state index in [0.717, 1.165) is 18.9 Å². The molecule has 0 aromatic heterocycles. The lowest BCUT2D eigenvalue weighted by Gasteiger charge is -2.11. The summed E-state index contributed by atoms with van der Waals surface area (Å²) in [5.74, 6) is 0.158. The van der Waals surface area contributed by atoms with Gasteiger partial charge in [0.05, 0.1) is 0 Å². The van der Waals surface area contributed by atoms with Crippen LogP contribution in [-0.2, 0) is 4.79 Å². The van der Waals surface area contributed by atoms with E-state index in [1.165, 1.54) is 12.8 Å². The smallest absolute Gasteiger partial charge is 0.303 e. The van der Waals surface area contributed by atoms with Gasteiger partial charge in [0.2, 0.25) is 0 Å². The second-order valence-electron chi connectivity index (χ2n) is 3.58. The van der Waals surface area contributed by atoms with Gasteiger partial charge in [-0.2, -0.15) is 0 Å². The number of carboxylic acids is 1. The molecule has 0 spiro atoms. The SMILES string of the molecule is CC(NCCCC(=O)O)C1CC1. The first-order chi connectivity index (χ1) is 5.70. The van der Waals surface area contributed by atoms with Crippen LogP contribution in [0, 0.1) is 5.92 Å². The van der Waals surface area contributed by atoms with Crippen molar-refractivity contribution >= 4 is 5.97 Å². The summed E-state index contributed by atoms with van der Waals surface area (Å²) < 4.78 is 0. The van der Waals surface area contributed by atoms with E-state index in [1.54, 1.807) is 0 Å². The van der Waals surface area contributed by atoms with Crippen LogP contribution in [0.4, 0.5) is 0 Å². The third-order valence-corrected chi connectivity index (χ3v) is 2.36. The Balaban J connectivity index is 1.90. The van der Waals surface area contributed by atoms with Crippen molar-refractivity contribution in [3.63, 3.8) is 0 Å². The predicted molar refractivity (Wildman–Crippen MR) is 47.1 cm³/mol. The molecule has 1 aliphatic rings. The number of hydrogen-bond acceptors (Lipinski definition) is 2. The second-order valence-corrected chi connectivity index (χ2v) is 3.58. The normalized spacial score (nSPS) is 19.1. The van der Waals surface area contributed by atoms with Crippen molar-refractivity contribution in [3.8, 4) is 0 Å². The molecular formula is C9H17NO2. The molecule has 0 amide bonds. The topological polar surface area (TPSA) is 49.3 Å². The zero-order valence-corrected chi connectivity index (χ0v) is 7.55. The molecular weight excluding hydrogens is 154 g/mol. The molecule has 12 heavy (non-hydrogen) atoms. The van der Waals surface area contributed by atoms with E-state index in [1.807, 2.05) is 0 Å². The summed E-state index contributed by atoms with van der Waals surface area (Å²) >= 11 is 0. The van der Waals surface area contributed by atoms with E-state index in [9.17, 15) is 4.79 Å². The van der Waals surface area contributed by atoms with Crippen molar-refractivity contribution in [2.45, 2.75) is 38.6 Å². The fourth-order valence-electron chi connectivity index (χ4n) is 1.33. The Morgan fingerprint density at radius 1 is 1.67 bits per heavy atom. The van der Waals surface area contributed by atoms with E-state index in [-0.39, 0.29) is 6.42 Å². The number of carboxylic acid groups (broad SMARTS) is 1. The maximum Gasteiger partial charge on any atom is 0.303 e. The molecule has 1 rings (SSSR count). The molecule has 70 valence electrons. The molecule has 0 radical (unpaired) electrons. The molecule has 0 saturated heterocycles. The van der Waals surface area contributed by atoms with E-state index >= 15 is 0 Å². The molecule has 3 heteroatoms. The van der Waals surface area contributed by atoms with Gasteiger partial charge in [-0.1, -0.05) is 0 Å². The number of nitrogens with one attached hydrogen (secondary N) is 1. The van der Waals surface area contributed by atoms with E-state index < -0.39 is 5.97 Å². The van der Waals surface area contributed by atoms with Gasteiger partial charge in [0.25, 0.3) is 0 Å². The van der Waals surface area contributed by atoms with Crippen molar-refractivity contribution in [2.75, 3.05) is 6.54 Å². The maximum atomic E-state index is 10.2. The Bertz CT molecular complexity index is 155. The van der Waals surface area contributed by atoms with Crippen LogP contribution in [0.5, 0.6) is 0 Å². The summed E-state index contributed by atoms with van der Waals surface area (Å²) in [6.45, 7) is 3.02. The second kappa shape index (κ2) is 4.45.